The van der Waals surface area contributed by atoms with Gasteiger partial charge in [-0.25, -0.2) is 8.42 Å². The maximum atomic E-state index is 12.6. The van der Waals surface area contributed by atoms with Gasteiger partial charge in [0.2, 0.25) is 5.91 Å². The Morgan fingerprint density at radius 2 is 1.83 bits per heavy atom. The Hall–Kier alpha value is -1.40. The summed E-state index contributed by atoms with van der Waals surface area (Å²) in [6, 6.07) is 9.94. The monoisotopic (exact) mass is 336 g/mol. The molecule has 0 saturated carbocycles. The molecule has 0 spiro atoms. The first-order valence-corrected chi connectivity index (χ1v) is 10.0. The normalized spacial score (nSPS) is 26.9. The van der Waals surface area contributed by atoms with Crippen molar-refractivity contribution >= 4 is 15.7 Å². The molecular weight excluding hydrogens is 312 g/mol. The molecule has 0 bridgehead atoms. The number of fused-ring (bicyclic) bond motifs is 1. The summed E-state index contributed by atoms with van der Waals surface area (Å²) >= 11 is 0. The van der Waals surface area contributed by atoms with E-state index in [9.17, 15) is 13.2 Å². The van der Waals surface area contributed by atoms with Crippen LogP contribution in [-0.2, 0) is 21.1 Å². The Morgan fingerprint density at radius 1 is 1.13 bits per heavy atom. The molecular formula is C17H24N2O3S. The van der Waals surface area contributed by atoms with Crippen LogP contribution in [0.4, 0.5) is 0 Å². The van der Waals surface area contributed by atoms with Crippen molar-refractivity contribution in [3.8, 4) is 0 Å². The minimum atomic E-state index is -3.03. The molecule has 1 amide bonds. The second-order valence-corrected chi connectivity index (χ2v) is 8.77. The lowest BCUT2D eigenvalue weighted by Gasteiger charge is -2.42. The number of likely N-dealkylation sites (N-methyl/N-ethyl adjacent to an activating group) is 1. The Morgan fingerprint density at radius 3 is 2.57 bits per heavy atom. The van der Waals surface area contributed by atoms with Gasteiger partial charge in [-0.1, -0.05) is 30.3 Å². The molecule has 2 unspecified atom stereocenters. The van der Waals surface area contributed by atoms with Crippen LogP contribution in [0, 0.1) is 0 Å². The molecule has 0 aromatic heterocycles. The number of sulfone groups is 1. The van der Waals surface area contributed by atoms with Crippen LogP contribution in [-0.4, -0.2) is 67.9 Å². The summed E-state index contributed by atoms with van der Waals surface area (Å²) in [6.07, 6.45) is 2.17. The molecule has 23 heavy (non-hydrogen) atoms. The summed E-state index contributed by atoms with van der Waals surface area (Å²) in [7, 11) is -1.07. The molecule has 2 saturated heterocycles. The molecule has 2 aliphatic rings. The molecule has 2 heterocycles. The number of carbonyl (C=O) groups is 1. The van der Waals surface area contributed by atoms with Gasteiger partial charge in [-0.2, -0.15) is 0 Å². The van der Waals surface area contributed by atoms with Gasteiger partial charge in [0.05, 0.1) is 17.5 Å². The van der Waals surface area contributed by atoms with E-state index in [1.165, 1.54) is 5.56 Å². The summed E-state index contributed by atoms with van der Waals surface area (Å²) in [4.78, 5) is 16.5. The van der Waals surface area contributed by atoms with E-state index in [4.69, 9.17) is 0 Å². The quantitative estimate of drug-likeness (QED) is 0.821. The number of rotatable bonds is 4. The average Bonchev–Trinajstić information content (AvgIpc) is 2.84. The van der Waals surface area contributed by atoms with Crippen LogP contribution >= 0.6 is 0 Å². The van der Waals surface area contributed by atoms with Crippen LogP contribution in [0.1, 0.15) is 18.4 Å². The zero-order chi connectivity index (χ0) is 16.4. The molecule has 126 valence electrons. The third-order valence-electron chi connectivity index (χ3n) is 4.97. The number of hydrogen-bond acceptors (Lipinski definition) is 4. The summed E-state index contributed by atoms with van der Waals surface area (Å²) in [6.45, 7) is 1.39. The summed E-state index contributed by atoms with van der Waals surface area (Å²) in [5.41, 5.74) is 1.24. The Kier molecular flexibility index (Phi) is 4.73. The van der Waals surface area contributed by atoms with Gasteiger partial charge in [0.15, 0.2) is 9.84 Å². The van der Waals surface area contributed by atoms with Gasteiger partial charge in [-0.3, -0.25) is 9.69 Å². The van der Waals surface area contributed by atoms with Crippen molar-refractivity contribution in [2.24, 2.45) is 0 Å². The fourth-order valence-electron chi connectivity index (χ4n) is 3.67. The highest BCUT2D eigenvalue weighted by Crippen LogP contribution is 2.26. The molecule has 2 fully saturated rings. The average molecular weight is 336 g/mol. The van der Waals surface area contributed by atoms with Gasteiger partial charge in [-0.05, 0) is 25.5 Å². The van der Waals surface area contributed by atoms with Crippen molar-refractivity contribution in [1.82, 2.24) is 9.80 Å². The van der Waals surface area contributed by atoms with E-state index in [2.05, 4.69) is 17.0 Å². The predicted molar refractivity (Wildman–Crippen MR) is 90.0 cm³/mol. The standard InChI is InChI=1S/C17H24N2O3S/c1-18-10-11-19(16-13-23(21,22)12-15(16)18)17(20)9-5-8-14-6-3-2-4-7-14/h2-4,6-7,15-16H,5,8-13H2,1H3. The molecule has 1 aromatic carbocycles. The number of piperazine rings is 1. The zero-order valence-electron chi connectivity index (χ0n) is 13.5. The van der Waals surface area contributed by atoms with Crippen molar-refractivity contribution in [2.75, 3.05) is 31.6 Å². The van der Waals surface area contributed by atoms with Crippen molar-refractivity contribution in [2.45, 2.75) is 31.3 Å². The molecule has 1 aromatic rings. The van der Waals surface area contributed by atoms with Crippen molar-refractivity contribution < 1.29 is 13.2 Å². The number of nitrogens with zero attached hydrogens (tertiary/aromatic N) is 2. The number of hydrogen-bond donors (Lipinski definition) is 0. The minimum Gasteiger partial charge on any atom is -0.336 e. The Labute approximate surface area is 138 Å². The van der Waals surface area contributed by atoms with E-state index >= 15 is 0 Å². The SMILES string of the molecule is CN1CCN(C(=O)CCCc2ccccc2)C2CS(=O)(=O)CC21. The van der Waals surface area contributed by atoms with Gasteiger partial charge in [0, 0.05) is 25.6 Å². The lowest BCUT2D eigenvalue weighted by atomic mass is 10.0. The lowest BCUT2D eigenvalue weighted by molar-refractivity contribution is -0.136. The van der Waals surface area contributed by atoms with Crippen LogP contribution in [0.3, 0.4) is 0 Å². The molecule has 0 aliphatic carbocycles. The summed E-state index contributed by atoms with van der Waals surface area (Å²) < 4.78 is 23.9. The maximum absolute atomic E-state index is 12.6. The summed E-state index contributed by atoms with van der Waals surface area (Å²) in [5.74, 6) is 0.398. The number of aryl methyl sites for hydroxylation is 1. The number of amides is 1. The van der Waals surface area contributed by atoms with Gasteiger partial charge in [0.1, 0.15) is 0 Å². The van der Waals surface area contributed by atoms with Crippen LogP contribution in [0.25, 0.3) is 0 Å². The highest BCUT2D eigenvalue weighted by Gasteiger charge is 2.46. The van der Waals surface area contributed by atoms with E-state index in [-0.39, 0.29) is 29.5 Å². The first-order chi connectivity index (χ1) is 11.0. The fraction of sp³-hybridized carbons (Fsp3) is 0.588. The van der Waals surface area contributed by atoms with Crippen molar-refractivity contribution in [1.29, 1.82) is 0 Å². The van der Waals surface area contributed by atoms with E-state index in [1.807, 2.05) is 30.1 Å². The lowest BCUT2D eigenvalue weighted by Crippen LogP contribution is -2.59. The highest BCUT2D eigenvalue weighted by molar-refractivity contribution is 7.91. The van der Waals surface area contributed by atoms with Crippen LogP contribution in [0.2, 0.25) is 0 Å². The Balaban J connectivity index is 1.58. The van der Waals surface area contributed by atoms with E-state index in [0.29, 0.717) is 13.0 Å². The van der Waals surface area contributed by atoms with Crippen molar-refractivity contribution in [3.63, 3.8) is 0 Å². The largest absolute Gasteiger partial charge is 0.336 e. The smallest absolute Gasteiger partial charge is 0.222 e. The van der Waals surface area contributed by atoms with E-state index in [1.54, 1.807) is 0 Å². The van der Waals surface area contributed by atoms with E-state index in [0.717, 1.165) is 19.4 Å². The molecule has 0 N–H and O–H groups in total. The van der Waals surface area contributed by atoms with Gasteiger partial charge < -0.3 is 4.90 Å². The molecule has 0 radical (unpaired) electrons. The first kappa shape index (κ1) is 16.5. The van der Waals surface area contributed by atoms with Crippen LogP contribution < -0.4 is 0 Å². The fourth-order valence-corrected chi connectivity index (χ4v) is 5.72. The zero-order valence-corrected chi connectivity index (χ0v) is 14.3. The maximum Gasteiger partial charge on any atom is 0.222 e. The minimum absolute atomic E-state index is 0.0353. The van der Waals surface area contributed by atoms with Gasteiger partial charge in [0.25, 0.3) is 0 Å². The molecule has 3 rings (SSSR count). The second-order valence-electron chi connectivity index (χ2n) is 6.62. The third kappa shape index (κ3) is 3.75. The van der Waals surface area contributed by atoms with Crippen LogP contribution in [0.5, 0.6) is 0 Å². The van der Waals surface area contributed by atoms with Crippen molar-refractivity contribution in [3.05, 3.63) is 35.9 Å². The Bertz CT molecular complexity index is 660. The van der Waals surface area contributed by atoms with Gasteiger partial charge >= 0.3 is 0 Å². The number of carbonyl (C=O) groups excluding carboxylic acids is 1. The van der Waals surface area contributed by atoms with E-state index < -0.39 is 9.84 Å². The van der Waals surface area contributed by atoms with Crippen LogP contribution in [0.15, 0.2) is 30.3 Å². The third-order valence-corrected chi connectivity index (χ3v) is 6.67. The molecule has 6 heteroatoms. The molecule has 2 atom stereocenters. The second kappa shape index (κ2) is 6.61. The molecule has 5 nitrogen and oxygen atoms in total. The highest BCUT2D eigenvalue weighted by atomic mass is 32.2. The predicted octanol–water partition coefficient (Wildman–Crippen LogP) is 0.949. The van der Waals surface area contributed by atoms with Gasteiger partial charge in [-0.15, -0.1) is 0 Å². The first-order valence-electron chi connectivity index (χ1n) is 8.20. The molecule has 2 aliphatic heterocycles. The summed E-state index contributed by atoms with van der Waals surface area (Å²) in [5, 5.41) is 0. The topological polar surface area (TPSA) is 57.7 Å². The number of benzene rings is 1.